The van der Waals surface area contributed by atoms with Crippen LogP contribution in [0.3, 0.4) is 0 Å². The molecular weight excluding hydrogens is 216 g/mol. The zero-order valence-corrected chi connectivity index (χ0v) is 9.67. The molecule has 1 N–H and O–H groups in total. The predicted molar refractivity (Wildman–Crippen MR) is 65.1 cm³/mol. The highest BCUT2D eigenvalue weighted by Crippen LogP contribution is 2.13. The summed E-state index contributed by atoms with van der Waals surface area (Å²) in [6.45, 7) is 1.67. The van der Waals surface area contributed by atoms with E-state index in [9.17, 15) is 0 Å². The molecule has 90 valence electrons. The molecule has 3 heterocycles. The Morgan fingerprint density at radius 2 is 2.41 bits per heavy atom. The minimum atomic E-state index is 0.301. The highest BCUT2D eigenvalue weighted by atomic mass is 16.5. The number of pyridine rings is 1. The standard InChI is InChI=1S/C12H16N4O/c1-3-7-16-11(6-1)14-12(15-16)13-9-10-5-2-4-8-17-10/h1,3,6-7,10H,2,4-5,8-9H2,(H,13,15). The van der Waals surface area contributed by atoms with Gasteiger partial charge in [-0.25, -0.2) is 4.52 Å². The molecule has 5 nitrogen and oxygen atoms in total. The summed E-state index contributed by atoms with van der Waals surface area (Å²) in [4.78, 5) is 4.38. The van der Waals surface area contributed by atoms with Gasteiger partial charge in [0.15, 0.2) is 5.65 Å². The van der Waals surface area contributed by atoms with Crippen LogP contribution in [0.5, 0.6) is 0 Å². The van der Waals surface area contributed by atoms with E-state index in [0.717, 1.165) is 25.2 Å². The summed E-state index contributed by atoms with van der Waals surface area (Å²) >= 11 is 0. The minimum absolute atomic E-state index is 0.301. The molecule has 1 aliphatic rings. The van der Waals surface area contributed by atoms with Crippen LogP contribution in [0, 0.1) is 0 Å². The molecule has 3 rings (SSSR count). The number of rotatable bonds is 3. The molecule has 17 heavy (non-hydrogen) atoms. The van der Waals surface area contributed by atoms with Gasteiger partial charge in [0.25, 0.3) is 0 Å². The predicted octanol–water partition coefficient (Wildman–Crippen LogP) is 1.71. The first-order valence-electron chi connectivity index (χ1n) is 6.09. The van der Waals surface area contributed by atoms with E-state index in [4.69, 9.17) is 4.74 Å². The van der Waals surface area contributed by atoms with Crippen molar-refractivity contribution in [3.63, 3.8) is 0 Å². The minimum Gasteiger partial charge on any atom is -0.376 e. The molecule has 0 amide bonds. The summed E-state index contributed by atoms with van der Waals surface area (Å²) in [5.74, 6) is 0.672. The molecule has 0 bridgehead atoms. The van der Waals surface area contributed by atoms with Gasteiger partial charge in [0.05, 0.1) is 6.10 Å². The average molecular weight is 232 g/mol. The lowest BCUT2D eigenvalue weighted by Gasteiger charge is -2.22. The van der Waals surface area contributed by atoms with Crippen LogP contribution in [-0.2, 0) is 4.74 Å². The molecule has 5 heteroatoms. The number of hydrogen-bond donors (Lipinski definition) is 1. The molecule has 1 fully saturated rings. The van der Waals surface area contributed by atoms with Crippen molar-refractivity contribution in [3.05, 3.63) is 24.4 Å². The molecule has 1 saturated heterocycles. The fourth-order valence-corrected chi connectivity index (χ4v) is 2.08. The molecule has 0 spiro atoms. The summed E-state index contributed by atoms with van der Waals surface area (Å²) in [6.07, 6.45) is 5.76. The van der Waals surface area contributed by atoms with Crippen LogP contribution in [0.1, 0.15) is 19.3 Å². The van der Waals surface area contributed by atoms with Crippen molar-refractivity contribution in [2.75, 3.05) is 18.5 Å². The highest BCUT2D eigenvalue weighted by Gasteiger charge is 2.14. The average Bonchev–Trinajstić information content (AvgIpc) is 2.80. The first kappa shape index (κ1) is 10.5. The summed E-state index contributed by atoms with van der Waals surface area (Å²) in [5, 5.41) is 7.57. The van der Waals surface area contributed by atoms with Crippen molar-refractivity contribution < 1.29 is 4.74 Å². The third-order valence-corrected chi connectivity index (χ3v) is 3.00. The van der Waals surface area contributed by atoms with E-state index in [1.165, 1.54) is 12.8 Å². The summed E-state index contributed by atoms with van der Waals surface area (Å²) in [7, 11) is 0. The quantitative estimate of drug-likeness (QED) is 0.875. The Balaban J connectivity index is 1.64. The maximum absolute atomic E-state index is 5.65. The van der Waals surface area contributed by atoms with Gasteiger partial charge in [-0.15, -0.1) is 5.10 Å². The van der Waals surface area contributed by atoms with Gasteiger partial charge >= 0.3 is 0 Å². The van der Waals surface area contributed by atoms with Crippen LogP contribution in [0.15, 0.2) is 24.4 Å². The zero-order chi connectivity index (χ0) is 11.5. The van der Waals surface area contributed by atoms with E-state index >= 15 is 0 Å². The van der Waals surface area contributed by atoms with Gasteiger partial charge in [0.2, 0.25) is 5.95 Å². The van der Waals surface area contributed by atoms with Gasteiger partial charge in [0.1, 0.15) is 0 Å². The lowest BCUT2D eigenvalue weighted by Crippen LogP contribution is -2.27. The van der Waals surface area contributed by atoms with Crippen molar-refractivity contribution in [1.29, 1.82) is 0 Å². The lowest BCUT2D eigenvalue weighted by molar-refractivity contribution is 0.0247. The van der Waals surface area contributed by atoms with Gasteiger partial charge in [-0.2, -0.15) is 4.98 Å². The van der Waals surface area contributed by atoms with Crippen molar-refractivity contribution in [1.82, 2.24) is 14.6 Å². The Morgan fingerprint density at radius 1 is 1.41 bits per heavy atom. The van der Waals surface area contributed by atoms with E-state index in [-0.39, 0.29) is 0 Å². The van der Waals surface area contributed by atoms with Gasteiger partial charge < -0.3 is 10.1 Å². The Kier molecular flexibility index (Phi) is 2.92. The van der Waals surface area contributed by atoms with E-state index < -0.39 is 0 Å². The molecule has 0 saturated carbocycles. The second-order valence-electron chi connectivity index (χ2n) is 4.31. The van der Waals surface area contributed by atoms with E-state index in [0.29, 0.717) is 12.1 Å². The number of anilines is 1. The summed E-state index contributed by atoms with van der Waals surface area (Å²) < 4.78 is 7.42. The van der Waals surface area contributed by atoms with Crippen LogP contribution in [0.4, 0.5) is 5.95 Å². The monoisotopic (exact) mass is 232 g/mol. The Labute approximate surface area is 99.8 Å². The molecule has 0 aromatic carbocycles. The first-order valence-corrected chi connectivity index (χ1v) is 6.09. The number of hydrogen-bond acceptors (Lipinski definition) is 4. The number of aromatic nitrogens is 3. The van der Waals surface area contributed by atoms with Crippen molar-refractivity contribution in [2.45, 2.75) is 25.4 Å². The lowest BCUT2D eigenvalue weighted by atomic mass is 10.1. The zero-order valence-electron chi connectivity index (χ0n) is 9.67. The maximum atomic E-state index is 5.65. The Hall–Kier alpha value is -1.62. The van der Waals surface area contributed by atoms with E-state index in [2.05, 4.69) is 15.4 Å². The third-order valence-electron chi connectivity index (χ3n) is 3.00. The van der Waals surface area contributed by atoms with Gasteiger partial charge in [-0.1, -0.05) is 6.07 Å². The van der Waals surface area contributed by atoms with E-state index in [1.54, 1.807) is 4.52 Å². The molecule has 0 radical (unpaired) electrons. The topological polar surface area (TPSA) is 51.5 Å². The number of ether oxygens (including phenoxy) is 1. The van der Waals surface area contributed by atoms with Crippen molar-refractivity contribution >= 4 is 11.6 Å². The van der Waals surface area contributed by atoms with E-state index in [1.807, 2.05) is 24.4 Å². The Bertz CT molecular complexity index is 457. The molecule has 1 unspecified atom stereocenters. The van der Waals surface area contributed by atoms with Crippen LogP contribution in [0.2, 0.25) is 0 Å². The molecule has 1 aliphatic heterocycles. The SMILES string of the molecule is c1ccn2nc(NCC3CCCCO3)nc2c1. The fraction of sp³-hybridized carbons (Fsp3) is 0.500. The molecule has 2 aromatic rings. The largest absolute Gasteiger partial charge is 0.376 e. The van der Waals surface area contributed by atoms with Crippen LogP contribution in [0.25, 0.3) is 5.65 Å². The third kappa shape index (κ3) is 2.39. The fourth-order valence-electron chi connectivity index (χ4n) is 2.08. The van der Waals surface area contributed by atoms with Crippen LogP contribution in [-0.4, -0.2) is 33.9 Å². The highest BCUT2D eigenvalue weighted by molar-refractivity contribution is 5.42. The van der Waals surface area contributed by atoms with Crippen LogP contribution < -0.4 is 5.32 Å². The number of nitrogens with zero attached hydrogens (tertiary/aromatic N) is 3. The second-order valence-corrected chi connectivity index (χ2v) is 4.31. The normalized spacial score (nSPS) is 20.6. The smallest absolute Gasteiger partial charge is 0.243 e. The second kappa shape index (κ2) is 4.71. The van der Waals surface area contributed by atoms with Crippen LogP contribution >= 0.6 is 0 Å². The van der Waals surface area contributed by atoms with Gasteiger partial charge in [-0.05, 0) is 31.4 Å². The molecular formula is C12H16N4O. The Morgan fingerprint density at radius 3 is 3.24 bits per heavy atom. The molecule has 2 aromatic heterocycles. The molecule has 0 aliphatic carbocycles. The molecule has 1 atom stereocenters. The number of fused-ring (bicyclic) bond motifs is 1. The maximum Gasteiger partial charge on any atom is 0.243 e. The summed E-state index contributed by atoms with van der Waals surface area (Å²) in [6, 6.07) is 5.84. The van der Waals surface area contributed by atoms with Gasteiger partial charge in [-0.3, -0.25) is 0 Å². The van der Waals surface area contributed by atoms with Crippen molar-refractivity contribution in [3.8, 4) is 0 Å². The number of nitrogens with one attached hydrogen (secondary N) is 1. The summed E-state index contributed by atoms with van der Waals surface area (Å²) in [5.41, 5.74) is 0.861. The van der Waals surface area contributed by atoms with Gasteiger partial charge in [0, 0.05) is 19.3 Å². The van der Waals surface area contributed by atoms with Crippen molar-refractivity contribution in [2.24, 2.45) is 0 Å². The first-order chi connectivity index (χ1) is 8.42.